The third-order valence-electron chi connectivity index (χ3n) is 4.93. The van der Waals surface area contributed by atoms with E-state index in [1.165, 1.54) is 5.56 Å². The molecule has 0 radical (unpaired) electrons. The summed E-state index contributed by atoms with van der Waals surface area (Å²) >= 11 is 5.87. The third-order valence-corrected chi connectivity index (χ3v) is 6.93. The number of hydrogen-bond acceptors (Lipinski definition) is 5. The normalized spacial score (nSPS) is 19.6. The molecule has 5 nitrogen and oxygen atoms in total. The van der Waals surface area contributed by atoms with E-state index in [4.69, 9.17) is 16.3 Å². The molecule has 0 spiro atoms. The summed E-state index contributed by atoms with van der Waals surface area (Å²) in [6, 6.07) is 15.1. The molecule has 1 N–H and O–H groups in total. The predicted molar refractivity (Wildman–Crippen MR) is 112 cm³/mol. The van der Waals surface area contributed by atoms with Crippen LogP contribution in [-0.2, 0) is 16.4 Å². The highest BCUT2D eigenvalue weighted by Crippen LogP contribution is 2.21. The van der Waals surface area contributed by atoms with Crippen LogP contribution in [0.15, 0.2) is 48.5 Å². The Bertz CT molecular complexity index is 868. The second-order valence-electron chi connectivity index (χ2n) is 7.39. The molecule has 2 atom stereocenters. The molecule has 2 aromatic carbocycles. The Kier molecular flexibility index (Phi) is 6.99. The second kappa shape index (κ2) is 9.27. The van der Waals surface area contributed by atoms with Crippen LogP contribution >= 0.6 is 11.6 Å². The molecule has 2 aromatic rings. The predicted octanol–water partition coefficient (Wildman–Crippen LogP) is 3.08. The molecule has 152 valence electrons. The lowest BCUT2D eigenvalue weighted by Gasteiger charge is -2.30. The van der Waals surface area contributed by atoms with Gasteiger partial charge in [0.25, 0.3) is 0 Å². The van der Waals surface area contributed by atoms with Gasteiger partial charge in [0.2, 0.25) is 0 Å². The lowest BCUT2D eigenvalue weighted by atomic mass is 10.1. The zero-order chi connectivity index (χ0) is 20.1. The first-order valence-corrected chi connectivity index (χ1v) is 11.6. The molecule has 0 aliphatic carbocycles. The summed E-state index contributed by atoms with van der Waals surface area (Å²) in [4.78, 5) is 2.06. The van der Waals surface area contributed by atoms with Gasteiger partial charge in [-0.25, -0.2) is 8.42 Å². The number of benzene rings is 2. The first-order chi connectivity index (χ1) is 13.3. The molecule has 28 heavy (non-hydrogen) atoms. The van der Waals surface area contributed by atoms with Crippen LogP contribution in [0, 0.1) is 6.92 Å². The fourth-order valence-corrected chi connectivity index (χ4v) is 5.27. The fourth-order valence-electron chi connectivity index (χ4n) is 3.38. The van der Waals surface area contributed by atoms with E-state index in [-0.39, 0.29) is 24.2 Å². The van der Waals surface area contributed by atoms with Crippen molar-refractivity contribution < 1.29 is 18.3 Å². The SMILES string of the molecule is Cc1ccc(CN(C[C@@H](O)COc2ccc(Cl)cc2)[C@@H]2CCS(=O)(=O)C2)cc1. The van der Waals surface area contributed by atoms with Crippen molar-refractivity contribution in [1.29, 1.82) is 0 Å². The Morgan fingerprint density at radius 2 is 1.86 bits per heavy atom. The number of aryl methyl sites for hydroxylation is 1. The van der Waals surface area contributed by atoms with E-state index in [1.807, 2.05) is 31.2 Å². The van der Waals surface area contributed by atoms with Crippen molar-refractivity contribution >= 4 is 21.4 Å². The Morgan fingerprint density at radius 1 is 1.18 bits per heavy atom. The van der Waals surface area contributed by atoms with Gasteiger partial charge in [0.05, 0.1) is 11.5 Å². The lowest BCUT2D eigenvalue weighted by Crippen LogP contribution is -2.42. The summed E-state index contributed by atoms with van der Waals surface area (Å²) in [5.41, 5.74) is 2.27. The maximum Gasteiger partial charge on any atom is 0.151 e. The minimum absolute atomic E-state index is 0.0866. The van der Waals surface area contributed by atoms with Crippen molar-refractivity contribution in [3.63, 3.8) is 0 Å². The van der Waals surface area contributed by atoms with E-state index in [1.54, 1.807) is 24.3 Å². The fraction of sp³-hybridized carbons (Fsp3) is 0.429. The van der Waals surface area contributed by atoms with Crippen LogP contribution in [0.4, 0.5) is 0 Å². The van der Waals surface area contributed by atoms with E-state index in [2.05, 4.69) is 4.90 Å². The highest BCUT2D eigenvalue weighted by Gasteiger charge is 2.33. The molecule has 0 aromatic heterocycles. The molecule has 1 fully saturated rings. The second-order valence-corrected chi connectivity index (χ2v) is 10.1. The number of sulfone groups is 1. The van der Waals surface area contributed by atoms with E-state index < -0.39 is 15.9 Å². The van der Waals surface area contributed by atoms with Crippen LogP contribution in [0.25, 0.3) is 0 Å². The van der Waals surface area contributed by atoms with Crippen molar-refractivity contribution in [3.8, 4) is 5.75 Å². The van der Waals surface area contributed by atoms with Crippen molar-refractivity contribution in [3.05, 3.63) is 64.7 Å². The molecule has 0 bridgehead atoms. The smallest absolute Gasteiger partial charge is 0.151 e. The van der Waals surface area contributed by atoms with Gasteiger partial charge in [-0.05, 0) is 43.2 Å². The average Bonchev–Trinajstić information content (AvgIpc) is 3.02. The molecule has 0 unspecified atom stereocenters. The molecule has 3 rings (SSSR count). The molecule has 7 heteroatoms. The minimum atomic E-state index is -3.00. The van der Waals surface area contributed by atoms with Crippen LogP contribution in [0.5, 0.6) is 5.75 Å². The summed E-state index contributed by atoms with van der Waals surface area (Å²) < 4.78 is 29.5. The molecular weight excluding hydrogens is 398 g/mol. The van der Waals surface area contributed by atoms with Crippen molar-refractivity contribution in [1.82, 2.24) is 4.90 Å². The van der Waals surface area contributed by atoms with E-state index in [0.29, 0.717) is 30.3 Å². The molecule has 1 aliphatic rings. The lowest BCUT2D eigenvalue weighted by molar-refractivity contribution is 0.0525. The van der Waals surface area contributed by atoms with Gasteiger partial charge in [-0.2, -0.15) is 0 Å². The average molecular weight is 424 g/mol. The van der Waals surface area contributed by atoms with Crippen LogP contribution in [-0.4, -0.2) is 55.2 Å². The van der Waals surface area contributed by atoms with E-state index in [0.717, 1.165) is 5.56 Å². The monoisotopic (exact) mass is 423 g/mol. The minimum Gasteiger partial charge on any atom is -0.491 e. The number of aliphatic hydroxyl groups is 1. The molecular formula is C21H26ClNO4S. The van der Waals surface area contributed by atoms with Gasteiger partial charge in [-0.1, -0.05) is 41.4 Å². The maximum atomic E-state index is 11.9. The van der Waals surface area contributed by atoms with Crippen LogP contribution in [0.2, 0.25) is 5.02 Å². The highest BCUT2D eigenvalue weighted by atomic mass is 35.5. The Labute approximate surface area is 171 Å². The molecule has 1 heterocycles. The van der Waals surface area contributed by atoms with Gasteiger partial charge in [-0.15, -0.1) is 0 Å². The highest BCUT2D eigenvalue weighted by molar-refractivity contribution is 7.91. The maximum absolute atomic E-state index is 11.9. The summed E-state index contributed by atoms with van der Waals surface area (Å²) in [7, 11) is -3.00. The first kappa shape index (κ1) is 21.1. The van der Waals surface area contributed by atoms with Gasteiger partial charge in [-0.3, -0.25) is 4.90 Å². The number of nitrogens with zero attached hydrogens (tertiary/aromatic N) is 1. The molecule has 0 saturated carbocycles. The van der Waals surface area contributed by atoms with Crippen molar-refractivity contribution in [2.75, 3.05) is 24.7 Å². The standard InChI is InChI=1S/C21H26ClNO4S/c1-16-2-4-17(5-3-16)12-23(19-10-11-28(25,26)15-19)13-20(24)14-27-21-8-6-18(22)7-9-21/h2-9,19-20,24H,10-15H2,1H3/t19-,20-/m1/s1. The first-order valence-electron chi connectivity index (χ1n) is 9.37. The quantitative estimate of drug-likeness (QED) is 0.706. The summed E-state index contributed by atoms with van der Waals surface area (Å²) in [5.74, 6) is 0.986. The van der Waals surface area contributed by atoms with Gasteiger partial charge >= 0.3 is 0 Å². The van der Waals surface area contributed by atoms with E-state index in [9.17, 15) is 13.5 Å². The number of rotatable bonds is 8. The van der Waals surface area contributed by atoms with Gasteiger partial charge in [0.15, 0.2) is 9.84 Å². The largest absolute Gasteiger partial charge is 0.491 e. The summed E-state index contributed by atoms with van der Waals surface area (Å²) in [5, 5.41) is 11.1. The van der Waals surface area contributed by atoms with Gasteiger partial charge < -0.3 is 9.84 Å². The van der Waals surface area contributed by atoms with E-state index >= 15 is 0 Å². The van der Waals surface area contributed by atoms with Crippen LogP contribution in [0.3, 0.4) is 0 Å². The summed E-state index contributed by atoms with van der Waals surface area (Å²) in [6.07, 6.45) is -0.136. The molecule has 0 amide bonds. The number of hydrogen-bond donors (Lipinski definition) is 1. The topological polar surface area (TPSA) is 66.8 Å². The molecule has 1 saturated heterocycles. The van der Waals surface area contributed by atoms with Crippen molar-refractivity contribution in [2.45, 2.75) is 32.0 Å². The van der Waals surface area contributed by atoms with Crippen LogP contribution < -0.4 is 4.74 Å². The Balaban J connectivity index is 1.63. The Morgan fingerprint density at radius 3 is 2.46 bits per heavy atom. The third kappa shape index (κ3) is 6.21. The summed E-state index contributed by atoms with van der Waals surface area (Å²) in [6.45, 7) is 3.11. The zero-order valence-electron chi connectivity index (χ0n) is 15.9. The van der Waals surface area contributed by atoms with Crippen LogP contribution in [0.1, 0.15) is 17.5 Å². The Hall–Kier alpha value is -1.60. The van der Waals surface area contributed by atoms with Gasteiger partial charge in [0.1, 0.15) is 18.5 Å². The van der Waals surface area contributed by atoms with Crippen molar-refractivity contribution in [2.24, 2.45) is 0 Å². The number of halogens is 1. The molecule has 1 aliphatic heterocycles. The number of ether oxygens (including phenoxy) is 1. The number of aliphatic hydroxyl groups excluding tert-OH is 1. The zero-order valence-corrected chi connectivity index (χ0v) is 17.5. The van der Waals surface area contributed by atoms with Gasteiger partial charge in [0, 0.05) is 24.2 Å².